The number of furan rings is 1. The number of benzene rings is 1. The van der Waals surface area contributed by atoms with Crippen LogP contribution in [0.3, 0.4) is 0 Å². The molecule has 0 aliphatic rings. The topological polar surface area (TPSA) is 13.1 Å². The van der Waals surface area contributed by atoms with Crippen molar-refractivity contribution >= 4 is 17.0 Å². The van der Waals surface area contributed by atoms with Crippen molar-refractivity contribution in [1.82, 2.24) is 0 Å². The Balaban J connectivity index is 2.78. The lowest BCUT2D eigenvalue weighted by atomic mass is 10.1. The summed E-state index contributed by atoms with van der Waals surface area (Å²) in [5, 5.41) is 1.19. The molecule has 1 aromatic heterocycles. The average Bonchev–Trinajstić information content (AvgIpc) is 2.44. The smallest absolute Gasteiger partial charge is 0.134 e. The lowest BCUT2D eigenvalue weighted by Crippen LogP contribution is -1.70. The van der Waals surface area contributed by atoms with Crippen LogP contribution in [0.4, 0.5) is 0 Å². The molecule has 66 valence electrons. The first-order valence-electron chi connectivity index (χ1n) is 4.43. The Morgan fingerprint density at radius 1 is 1.23 bits per heavy atom. The fourth-order valence-corrected chi connectivity index (χ4v) is 1.56. The van der Waals surface area contributed by atoms with Crippen molar-refractivity contribution in [3.8, 4) is 0 Å². The van der Waals surface area contributed by atoms with Crippen LogP contribution in [-0.4, -0.2) is 0 Å². The third-order valence-electron chi connectivity index (χ3n) is 2.15. The number of para-hydroxylation sites is 1. The van der Waals surface area contributed by atoms with Crippen LogP contribution < -0.4 is 0 Å². The SMILES string of the molecule is C/C=C/c1c(C)oc2ccccc12. The predicted molar refractivity (Wildman–Crippen MR) is 55.7 cm³/mol. The van der Waals surface area contributed by atoms with Crippen LogP contribution in [0.2, 0.25) is 0 Å². The van der Waals surface area contributed by atoms with E-state index in [-0.39, 0.29) is 0 Å². The molecule has 0 amide bonds. The van der Waals surface area contributed by atoms with Gasteiger partial charge in [-0.15, -0.1) is 0 Å². The van der Waals surface area contributed by atoms with Gasteiger partial charge in [0.1, 0.15) is 11.3 Å². The van der Waals surface area contributed by atoms with Crippen molar-refractivity contribution in [2.75, 3.05) is 0 Å². The van der Waals surface area contributed by atoms with Gasteiger partial charge in [0.05, 0.1) is 0 Å². The zero-order valence-corrected chi connectivity index (χ0v) is 7.87. The lowest BCUT2D eigenvalue weighted by molar-refractivity contribution is 0.577. The number of hydrogen-bond acceptors (Lipinski definition) is 1. The minimum atomic E-state index is 0.966. The summed E-state index contributed by atoms with van der Waals surface area (Å²) in [4.78, 5) is 0. The minimum absolute atomic E-state index is 0.966. The van der Waals surface area contributed by atoms with Gasteiger partial charge in [-0.3, -0.25) is 0 Å². The Bertz CT molecular complexity index is 449. The predicted octanol–water partition coefficient (Wildman–Crippen LogP) is 3.77. The van der Waals surface area contributed by atoms with Crippen LogP contribution >= 0.6 is 0 Å². The van der Waals surface area contributed by atoms with Crippen LogP contribution in [0.1, 0.15) is 18.2 Å². The van der Waals surface area contributed by atoms with Crippen LogP contribution in [-0.2, 0) is 0 Å². The molecule has 0 unspecified atom stereocenters. The summed E-state index contributed by atoms with van der Waals surface area (Å²) >= 11 is 0. The van der Waals surface area contributed by atoms with E-state index in [2.05, 4.69) is 12.1 Å². The van der Waals surface area contributed by atoms with Crippen molar-refractivity contribution in [3.05, 3.63) is 41.7 Å². The fraction of sp³-hybridized carbons (Fsp3) is 0.167. The van der Waals surface area contributed by atoms with Crippen molar-refractivity contribution < 1.29 is 4.42 Å². The highest BCUT2D eigenvalue weighted by molar-refractivity contribution is 5.88. The first-order valence-corrected chi connectivity index (χ1v) is 4.43. The van der Waals surface area contributed by atoms with E-state index in [1.165, 1.54) is 10.9 Å². The van der Waals surface area contributed by atoms with E-state index in [1.807, 2.05) is 38.1 Å². The molecule has 0 saturated heterocycles. The summed E-state index contributed by atoms with van der Waals surface area (Å²) in [5.41, 5.74) is 2.16. The second kappa shape index (κ2) is 3.09. The summed E-state index contributed by atoms with van der Waals surface area (Å²) in [7, 11) is 0. The van der Waals surface area contributed by atoms with Crippen molar-refractivity contribution in [3.63, 3.8) is 0 Å². The molecular weight excluding hydrogens is 160 g/mol. The monoisotopic (exact) mass is 172 g/mol. The Morgan fingerprint density at radius 2 is 2.00 bits per heavy atom. The van der Waals surface area contributed by atoms with E-state index in [9.17, 15) is 0 Å². The van der Waals surface area contributed by atoms with E-state index >= 15 is 0 Å². The first-order chi connectivity index (χ1) is 6.33. The average molecular weight is 172 g/mol. The first kappa shape index (κ1) is 8.11. The second-order valence-electron chi connectivity index (χ2n) is 3.07. The maximum absolute atomic E-state index is 5.60. The molecule has 0 atom stereocenters. The molecular formula is C12H12O. The highest BCUT2D eigenvalue weighted by Gasteiger charge is 2.05. The van der Waals surface area contributed by atoms with Crippen molar-refractivity contribution in [2.24, 2.45) is 0 Å². The van der Waals surface area contributed by atoms with Crippen LogP contribution in [0.15, 0.2) is 34.8 Å². The molecule has 1 nitrogen and oxygen atoms in total. The Kier molecular flexibility index (Phi) is 1.93. The van der Waals surface area contributed by atoms with E-state index in [4.69, 9.17) is 4.42 Å². The van der Waals surface area contributed by atoms with E-state index in [0.29, 0.717) is 0 Å². The second-order valence-corrected chi connectivity index (χ2v) is 3.07. The Labute approximate surface area is 77.7 Å². The molecule has 2 aromatic rings. The Hall–Kier alpha value is -1.50. The van der Waals surface area contributed by atoms with Gasteiger partial charge in [-0.05, 0) is 19.9 Å². The van der Waals surface area contributed by atoms with Gasteiger partial charge in [-0.1, -0.05) is 30.4 Å². The summed E-state index contributed by atoms with van der Waals surface area (Å²) in [6.45, 7) is 4.01. The molecule has 13 heavy (non-hydrogen) atoms. The summed E-state index contributed by atoms with van der Waals surface area (Å²) < 4.78 is 5.60. The summed E-state index contributed by atoms with van der Waals surface area (Å²) in [6, 6.07) is 8.10. The fourth-order valence-electron chi connectivity index (χ4n) is 1.56. The molecule has 0 N–H and O–H groups in total. The van der Waals surface area contributed by atoms with Gasteiger partial charge in [0, 0.05) is 10.9 Å². The van der Waals surface area contributed by atoms with E-state index < -0.39 is 0 Å². The molecule has 0 aliphatic heterocycles. The quantitative estimate of drug-likeness (QED) is 0.638. The molecule has 1 aromatic carbocycles. The third kappa shape index (κ3) is 1.26. The van der Waals surface area contributed by atoms with Gasteiger partial charge >= 0.3 is 0 Å². The molecule has 1 heterocycles. The summed E-state index contributed by atoms with van der Waals surface area (Å²) in [5.74, 6) is 0.985. The zero-order valence-electron chi connectivity index (χ0n) is 7.87. The van der Waals surface area contributed by atoms with Gasteiger partial charge in [0.15, 0.2) is 0 Å². The maximum atomic E-state index is 5.60. The standard InChI is InChI=1S/C12H12O/c1-3-6-10-9(2)13-12-8-5-4-7-11(10)12/h3-8H,1-2H3/b6-3+. The van der Waals surface area contributed by atoms with E-state index in [1.54, 1.807) is 0 Å². The number of rotatable bonds is 1. The van der Waals surface area contributed by atoms with Crippen molar-refractivity contribution in [2.45, 2.75) is 13.8 Å². The highest BCUT2D eigenvalue weighted by Crippen LogP contribution is 2.25. The van der Waals surface area contributed by atoms with Crippen molar-refractivity contribution in [1.29, 1.82) is 0 Å². The van der Waals surface area contributed by atoms with Crippen LogP contribution in [0, 0.1) is 6.92 Å². The molecule has 0 radical (unpaired) electrons. The highest BCUT2D eigenvalue weighted by atomic mass is 16.3. The lowest BCUT2D eigenvalue weighted by Gasteiger charge is -1.88. The third-order valence-corrected chi connectivity index (χ3v) is 2.15. The Morgan fingerprint density at radius 3 is 2.77 bits per heavy atom. The molecule has 2 rings (SSSR count). The molecule has 0 aliphatic carbocycles. The van der Waals surface area contributed by atoms with Crippen LogP contribution in [0.5, 0.6) is 0 Å². The maximum Gasteiger partial charge on any atom is 0.134 e. The van der Waals surface area contributed by atoms with Gasteiger partial charge in [-0.25, -0.2) is 0 Å². The largest absolute Gasteiger partial charge is 0.461 e. The molecule has 0 fully saturated rings. The minimum Gasteiger partial charge on any atom is -0.461 e. The number of allylic oxidation sites excluding steroid dienone is 1. The van der Waals surface area contributed by atoms with Gasteiger partial charge in [0.2, 0.25) is 0 Å². The molecule has 0 spiro atoms. The van der Waals surface area contributed by atoms with Gasteiger partial charge in [-0.2, -0.15) is 0 Å². The summed E-state index contributed by atoms with van der Waals surface area (Å²) in [6.07, 6.45) is 4.12. The molecule has 1 heteroatoms. The molecule has 0 bridgehead atoms. The van der Waals surface area contributed by atoms with Gasteiger partial charge in [0.25, 0.3) is 0 Å². The normalized spacial score (nSPS) is 11.5. The number of aryl methyl sites for hydroxylation is 1. The number of hydrogen-bond donors (Lipinski definition) is 0. The zero-order chi connectivity index (χ0) is 9.26. The van der Waals surface area contributed by atoms with Crippen LogP contribution in [0.25, 0.3) is 17.0 Å². The van der Waals surface area contributed by atoms with E-state index in [0.717, 1.165) is 11.3 Å². The molecule has 0 saturated carbocycles. The number of fused-ring (bicyclic) bond motifs is 1. The van der Waals surface area contributed by atoms with Gasteiger partial charge < -0.3 is 4.42 Å².